The fourth-order valence-corrected chi connectivity index (χ4v) is 5.10. The van der Waals surface area contributed by atoms with Crippen LogP contribution in [0.1, 0.15) is 42.4 Å². The van der Waals surface area contributed by atoms with Gasteiger partial charge in [-0.15, -0.1) is 0 Å². The number of ether oxygens (including phenoxy) is 1. The second kappa shape index (κ2) is 15.5. The molecule has 0 bridgehead atoms. The van der Waals surface area contributed by atoms with Crippen molar-refractivity contribution in [3.63, 3.8) is 0 Å². The predicted molar refractivity (Wildman–Crippen MR) is 160 cm³/mol. The third-order valence-electron chi connectivity index (χ3n) is 7.43. The number of nitrogens with zero attached hydrogens (tertiary/aromatic N) is 1. The molecule has 1 heterocycles. The van der Waals surface area contributed by atoms with Gasteiger partial charge in [-0.2, -0.15) is 17.6 Å². The fourth-order valence-electron chi connectivity index (χ4n) is 4.91. The SMILES string of the molecule is O=C(C1=C(c2ccc(CCCOc3c(F)ccc(F)c3F)cc2)CCNC1)N(Cc1ccccc1Cl)C1CC1.O=C(O)C(F)(F)F. The predicted octanol–water partition coefficient (Wildman–Crippen LogP) is 7.34. The number of amides is 1. The minimum Gasteiger partial charge on any atom is -0.488 e. The van der Waals surface area contributed by atoms with Crippen LogP contribution in [0.25, 0.3) is 5.57 Å². The van der Waals surface area contributed by atoms with E-state index < -0.39 is 35.3 Å². The Bertz CT molecular complexity index is 1580. The highest BCUT2D eigenvalue weighted by Crippen LogP contribution is 2.34. The number of carboxylic acid groups (broad SMARTS) is 1. The molecular weight excluding hydrogens is 638 g/mol. The molecule has 2 N–H and O–H groups in total. The Hall–Kier alpha value is -4.03. The Kier molecular flexibility index (Phi) is 11.7. The maximum absolute atomic E-state index is 13.8. The maximum Gasteiger partial charge on any atom is 0.490 e. The Morgan fingerprint density at radius 1 is 0.978 bits per heavy atom. The summed E-state index contributed by atoms with van der Waals surface area (Å²) < 4.78 is 77.8. The minimum absolute atomic E-state index is 0.0525. The summed E-state index contributed by atoms with van der Waals surface area (Å²) in [4.78, 5) is 24.7. The Balaban J connectivity index is 0.000000617. The van der Waals surface area contributed by atoms with Gasteiger partial charge in [0, 0.05) is 29.7 Å². The van der Waals surface area contributed by atoms with E-state index in [9.17, 15) is 31.1 Å². The fraction of sp³-hybridized carbons (Fsp3) is 0.333. The van der Waals surface area contributed by atoms with E-state index in [1.165, 1.54) is 0 Å². The van der Waals surface area contributed by atoms with Gasteiger partial charge in [0.25, 0.3) is 5.91 Å². The molecule has 3 aromatic rings. The monoisotopic (exact) mass is 668 g/mol. The van der Waals surface area contributed by atoms with Crippen molar-refractivity contribution in [2.75, 3.05) is 19.7 Å². The van der Waals surface area contributed by atoms with Crippen LogP contribution >= 0.6 is 11.6 Å². The van der Waals surface area contributed by atoms with Gasteiger partial charge in [-0.1, -0.05) is 54.1 Å². The van der Waals surface area contributed by atoms with Gasteiger partial charge in [0.2, 0.25) is 5.82 Å². The lowest BCUT2D eigenvalue weighted by molar-refractivity contribution is -0.192. The molecule has 46 heavy (non-hydrogen) atoms. The zero-order valence-electron chi connectivity index (χ0n) is 24.5. The lowest BCUT2D eigenvalue weighted by Gasteiger charge is -2.28. The van der Waals surface area contributed by atoms with Crippen molar-refractivity contribution in [3.05, 3.63) is 105 Å². The number of benzene rings is 3. The molecule has 1 amide bonds. The molecule has 0 unspecified atom stereocenters. The van der Waals surface area contributed by atoms with Crippen LogP contribution in [0.2, 0.25) is 5.02 Å². The lowest BCUT2D eigenvalue weighted by atomic mass is 9.92. The molecule has 0 saturated heterocycles. The number of rotatable bonds is 10. The summed E-state index contributed by atoms with van der Waals surface area (Å²) in [7, 11) is 0. The molecule has 2 aliphatic rings. The number of alkyl halides is 3. The zero-order valence-corrected chi connectivity index (χ0v) is 25.2. The highest BCUT2D eigenvalue weighted by atomic mass is 35.5. The smallest absolute Gasteiger partial charge is 0.488 e. The van der Waals surface area contributed by atoms with E-state index in [2.05, 4.69) is 5.32 Å². The van der Waals surface area contributed by atoms with Gasteiger partial charge in [-0.05, 0) is 79.1 Å². The Morgan fingerprint density at radius 3 is 2.26 bits per heavy atom. The van der Waals surface area contributed by atoms with Crippen molar-refractivity contribution in [2.45, 2.75) is 50.9 Å². The first-order valence-electron chi connectivity index (χ1n) is 14.5. The molecule has 1 aliphatic carbocycles. The number of carboxylic acids is 1. The molecule has 5 rings (SSSR count). The summed E-state index contributed by atoms with van der Waals surface area (Å²) in [5.74, 6) is -6.77. The van der Waals surface area contributed by atoms with Crippen molar-refractivity contribution >= 4 is 29.1 Å². The molecule has 0 atom stereocenters. The number of carbonyl (C=O) groups is 2. The number of hydrogen-bond donors (Lipinski definition) is 2. The summed E-state index contributed by atoms with van der Waals surface area (Å²) in [6, 6.07) is 17.5. The molecular formula is C33H31ClF6N2O4. The van der Waals surface area contributed by atoms with E-state index >= 15 is 0 Å². The molecule has 1 aliphatic heterocycles. The van der Waals surface area contributed by atoms with Gasteiger partial charge >= 0.3 is 12.1 Å². The van der Waals surface area contributed by atoms with Crippen LogP contribution in [-0.4, -0.2) is 53.8 Å². The van der Waals surface area contributed by atoms with Crippen LogP contribution in [0.4, 0.5) is 26.3 Å². The van der Waals surface area contributed by atoms with Crippen LogP contribution in [-0.2, 0) is 22.6 Å². The first-order chi connectivity index (χ1) is 21.9. The zero-order chi connectivity index (χ0) is 33.4. The standard InChI is InChI=1S/C31H30ClF3N2O2.C2HF3O2/c32-26-6-2-1-5-22(26)19-37(23-11-12-23)31(38)25-18-36-16-15-24(25)21-9-7-20(8-10-21)4-3-17-39-30-28(34)14-13-27(33)29(30)35;3-2(4,5)1(6)7/h1-2,5-10,13-14,23,36H,3-4,11-12,15-19H2;(H,6,7). The second-order valence-electron chi connectivity index (χ2n) is 10.8. The first kappa shape index (κ1) is 34.8. The number of nitrogens with one attached hydrogen (secondary N) is 1. The van der Waals surface area contributed by atoms with Crippen LogP contribution < -0.4 is 10.1 Å². The molecule has 13 heteroatoms. The third kappa shape index (κ3) is 9.26. The van der Waals surface area contributed by atoms with E-state index in [0.717, 1.165) is 65.8 Å². The van der Waals surface area contributed by atoms with Gasteiger partial charge in [0.1, 0.15) is 0 Å². The van der Waals surface area contributed by atoms with Crippen LogP contribution in [0, 0.1) is 17.5 Å². The number of carbonyl (C=O) groups excluding carboxylic acids is 1. The van der Waals surface area contributed by atoms with E-state index in [1.54, 1.807) is 0 Å². The van der Waals surface area contributed by atoms with Crippen LogP contribution in [0.3, 0.4) is 0 Å². The minimum atomic E-state index is -5.08. The summed E-state index contributed by atoms with van der Waals surface area (Å²) in [6.07, 6.45) is -1.20. The van der Waals surface area contributed by atoms with Gasteiger partial charge in [0.05, 0.1) is 6.61 Å². The molecule has 0 spiro atoms. The van der Waals surface area contributed by atoms with Crippen molar-refractivity contribution in [2.24, 2.45) is 0 Å². The summed E-state index contributed by atoms with van der Waals surface area (Å²) in [6.45, 7) is 1.86. The first-order valence-corrected chi connectivity index (χ1v) is 14.9. The van der Waals surface area contributed by atoms with Crippen LogP contribution in [0.15, 0.2) is 66.2 Å². The number of aliphatic carboxylic acids is 1. The largest absolute Gasteiger partial charge is 0.490 e. The second-order valence-corrected chi connectivity index (χ2v) is 11.2. The number of aryl methyl sites for hydroxylation is 1. The third-order valence-corrected chi connectivity index (χ3v) is 7.79. The van der Waals surface area contributed by atoms with Gasteiger partial charge in [-0.3, -0.25) is 4.79 Å². The molecule has 0 radical (unpaired) electrons. The van der Waals surface area contributed by atoms with E-state index in [1.807, 2.05) is 53.4 Å². The quantitative estimate of drug-likeness (QED) is 0.134. The summed E-state index contributed by atoms with van der Waals surface area (Å²) >= 11 is 6.40. The van der Waals surface area contributed by atoms with Crippen molar-refractivity contribution in [1.29, 1.82) is 0 Å². The Labute approximate surface area is 266 Å². The average molecular weight is 669 g/mol. The van der Waals surface area contributed by atoms with Gasteiger partial charge in [0.15, 0.2) is 17.4 Å². The highest BCUT2D eigenvalue weighted by molar-refractivity contribution is 6.31. The molecule has 0 aromatic heterocycles. The van der Waals surface area contributed by atoms with Gasteiger partial charge < -0.3 is 20.1 Å². The topological polar surface area (TPSA) is 78.9 Å². The van der Waals surface area contributed by atoms with Crippen molar-refractivity contribution in [1.82, 2.24) is 10.2 Å². The molecule has 1 fully saturated rings. The van der Waals surface area contributed by atoms with Gasteiger partial charge in [-0.25, -0.2) is 13.6 Å². The average Bonchev–Trinajstić information content (AvgIpc) is 3.88. The number of halogens is 7. The highest BCUT2D eigenvalue weighted by Gasteiger charge is 2.38. The summed E-state index contributed by atoms with van der Waals surface area (Å²) in [5.41, 5.74) is 4.83. The molecule has 3 aromatic carbocycles. The lowest BCUT2D eigenvalue weighted by Crippen LogP contribution is -2.39. The Morgan fingerprint density at radius 2 is 1.63 bits per heavy atom. The molecule has 1 saturated carbocycles. The normalized spacial score (nSPS) is 14.8. The van der Waals surface area contributed by atoms with Crippen LogP contribution in [0.5, 0.6) is 5.75 Å². The van der Waals surface area contributed by atoms with Crippen molar-refractivity contribution < 1.29 is 45.8 Å². The number of hydrogen-bond acceptors (Lipinski definition) is 4. The van der Waals surface area contributed by atoms with E-state index in [0.29, 0.717) is 31.0 Å². The van der Waals surface area contributed by atoms with E-state index in [-0.39, 0.29) is 18.6 Å². The molecule has 246 valence electrons. The summed E-state index contributed by atoms with van der Waals surface area (Å²) in [5, 5.41) is 11.1. The maximum atomic E-state index is 13.8. The molecule has 6 nitrogen and oxygen atoms in total. The van der Waals surface area contributed by atoms with E-state index in [4.69, 9.17) is 26.2 Å². The van der Waals surface area contributed by atoms with Crippen molar-refractivity contribution in [3.8, 4) is 5.75 Å².